The van der Waals surface area contributed by atoms with Crippen molar-refractivity contribution in [2.24, 2.45) is 5.92 Å². The van der Waals surface area contributed by atoms with E-state index in [1.165, 1.54) is 135 Å². The van der Waals surface area contributed by atoms with Crippen molar-refractivity contribution in [3.8, 4) is 0 Å². The Morgan fingerprint density at radius 1 is 0.500 bits per heavy atom. The molecule has 1 nitrogen and oxygen atoms in total. The van der Waals surface area contributed by atoms with E-state index in [9.17, 15) is 0 Å². The van der Waals surface area contributed by atoms with E-state index in [-0.39, 0.29) is 0 Å². The van der Waals surface area contributed by atoms with Crippen molar-refractivity contribution in [2.45, 2.75) is 149 Å². The molecular weight excluding hydrogens is 364 g/mol. The van der Waals surface area contributed by atoms with Crippen LogP contribution in [0, 0.1) is 5.92 Å². The molecule has 0 aromatic heterocycles. The molecule has 0 saturated carbocycles. The van der Waals surface area contributed by atoms with Gasteiger partial charge in [0.05, 0.1) is 0 Å². The summed E-state index contributed by atoms with van der Waals surface area (Å²) in [6, 6.07) is 0.350. The average Bonchev–Trinajstić information content (AvgIpc) is 2.71. The molecule has 0 radical (unpaired) electrons. The highest BCUT2D eigenvalue weighted by Crippen LogP contribution is 2.22. The lowest BCUT2D eigenvalue weighted by atomic mass is 9.91. The normalized spacial score (nSPS) is 12.5. The standard InChI is InChI=1S/C26H53ClO/c1-3-5-7-9-11-12-13-14-16-18-20-22-26(23-24-28-25-27)21-19-17-15-10-8-6-4-2/h26H,3-25H2,1-2H3. The van der Waals surface area contributed by atoms with Crippen LogP contribution in [0.3, 0.4) is 0 Å². The number of rotatable bonds is 24. The van der Waals surface area contributed by atoms with Gasteiger partial charge in [-0.15, -0.1) is 0 Å². The lowest BCUT2D eigenvalue weighted by molar-refractivity contribution is 0.154. The second-order valence-corrected chi connectivity index (χ2v) is 9.12. The van der Waals surface area contributed by atoms with Crippen LogP contribution in [0.25, 0.3) is 0 Å². The Labute approximate surface area is 183 Å². The summed E-state index contributed by atoms with van der Waals surface area (Å²) in [4.78, 5) is 0. The Kier molecular flexibility index (Phi) is 25.5. The van der Waals surface area contributed by atoms with Gasteiger partial charge in [0.1, 0.15) is 6.07 Å². The molecule has 0 amide bonds. The zero-order valence-electron chi connectivity index (χ0n) is 19.6. The van der Waals surface area contributed by atoms with Crippen LogP contribution in [0.1, 0.15) is 149 Å². The maximum absolute atomic E-state index is 5.67. The number of unbranched alkanes of at least 4 members (excludes halogenated alkanes) is 16. The molecule has 0 aromatic carbocycles. The van der Waals surface area contributed by atoms with Crippen LogP contribution in [0.15, 0.2) is 0 Å². The molecule has 0 aromatic rings. The third-order valence-corrected chi connectivity index (χ3v) is 6.33. The number of hydrogen-bond donors (Lipinski definition) is 0. The monoisotopic (exact) mass is 416 g/mol. The largest absolute Gasteiger partial charge is 0.366 e. The molecule has 0 aliphatic rings. The first-order chi connectivity index (χ1) is 13.8. The molecule has 0 heterocycles. The second kappa shape index (κ2) is 25.3. The fraction of sp³-hybridized carbons (Fsp3) is 1.00. The number of halogens is 1. The van der Waals surface area contributed by atoms with Crippen LogP contribution in [0.5, 0.6) is 0 Å². The molecule has 1 atom stereocenters. The summed E-state index contributed by atoms with van der Waals surface area (Å²) in [7, 11) is 0. The Hall–Kier alpha value is 0.250. The van der Waals surface area contributed by atoms with Crippen molar-refractivity contribution in [1.29, 1.82) is 0 Å². The summed E-state index contributed by atoms with van der Waals surface area (Å²) in [6.07, 6.45) is 29.7. The molecule has 1 unspecified atom stereocenters. The van der Waals surface area contributed by atoms with Crippen molar-refractivity contribution < 1.29 is 4.74 Å². The van der Waals surface area contributed by atoms with Gasteiger partial charge >= 0.3 is 0 Å². The maximum atomic E-state index is 5.67. The highest BCUT2D eigenvalue weighted by atomic mass is 35.5. The van der Waals surface area contributed by atoms with Gasteiger partial charge in [-0.2, -0.15) is 0 Å². The first-order valence-electron chi connectivity index (χ1n) is 13.0. The van der Waals surface area contributed by atoms with E-state index in [2.05, 4.69) is 13.8 Å². The van der Waals surface area contributed by atoms with Crippen molar-refractivity contribution in [1.82, 2.24) is 0 Å². The van der Waals surface area contributed by atoms with Gasteiger partial charge in [0, 0.05) is 6.61 Å². The summed E-state index contributed by atoms with van der Waals surface area (Å²) in [5.41, 5.74) is 0. The number of hydrogen-bond acceptors (Lipinski definition) is 1. The van der Waals surface area contributed by atoms with E-state index < -0.39 is 0 Å². The topological polar surface area (TPSA) is 9.23 Å². The third kappa shape index (κ3) is 22.5. The number of ether oxygens (including phenoxy) is 1. The molecule has 0 spiro atoms. The van der Waals surface area contributed by atoms with Crippen LogP contribution < -0.4 is 0 Å². The SMILES string of the molecule is CCCCCCCCCCCCCC(CCCCCCCCC)CCOCCl. The molecule has 2 heteroatoms. The van der Waals surface area contributed by atoms with Gasteiger partial charge < -0.3 is 4.74 Å². The van der Waals surface area contributed by atoms with Crippen LogP contribution in [-0.2, 0) is 4.74 Å². The van der Waals surface area contributed by atoms with E-state index in [4.69, 9.17) is 16.3 Å². The number of alkyl halides is 1. The van der Waals surface area contributed by atoms with Gasteiger partial charge in [-0.1, -0.05) is 154 Å². The Morgan fingerprint density at radius 3 is 1.21 bits per heavy atom. The third-order valence-electron chi connectivity index (χ3n) is 6.18. The summed E-state index contributed by atoms with van der Waals surface area (Å²) in [5, 5.41) is 0. The van der Waals surface area contributed by atoms with Crippen molar-refractivity contribution >= 4 is 11.6 Å². The molecule has 0 rings (SSSR count). The Morgan fingerprint density at radius 2 is 0.857 bits per heavy atom. The summed E-state index contributed by atoms with van der Waals surface area (Å²) in [5.74, 6) is 0.859. The highest BCUT2D eigenvalue weighted by Gasteiger charge is 2.08. The fourth-order valence-corrected chi connectivity index (χ4v) is 4.33. The minimum atomic E-state index is 0.350. The highest BCUT2D eigenvalue weighted by molar-refractivity contribution is 6.17. The minimum absolute atomic E-state index is 0.350. The molecule has 0 N–H and O–H groups in total. The van der Waals surface area contributed by atoms with E-state index in [1.807, 2.05) is 0 Å². The Balaban J connectivity index is 3.59. The van der Waals surface area contributed by atoms with Gasteiger partial charge in [0.15, 0.2) is 0 Å². The second-order valence-electron chi connectivity index (χ2n) is 8.91. The lowest BCUT2D eigenvalue weighted by Crippen LogP contribution is -2.06. The predicted octanol–water partition coefficient (Wildman–Crippen LogP) is 10.0. The predicted molar refractivity (Wildman–Crippen MR) is 128 cm³/mol. The molecule has 170 valence electrons. The molecule has 0 aliphatic carbocycles. The Bertz CT molecular complexity index is 269. The quantitative estimate of drug-likeness (QED) is 0.112. The lowest BCUT2D eigenvalue weighted by Gasteiger charge is -2.16. The van der Waals surface area contributed by atoms with Crippen LogP contribution in [0.4, 0.5) is 0 Å². The fourth-order valence-electron chi connectivity index (χ4n) is 4.22. The van der Waals surface area contributed by atoms with Gasteiger partial charge in [0.25, 0.3) is 0 Å². The molecule has 0 fully saturated rings. The maximum Gasteiger partial charge on any atom is 0.120 e. The molecular formula is C26H53ClO. The van der Waals surface area contributed by atoms with Crippen LogP contribution in [-0.4, -0.2) is 12.7 Å². The first kappa shape index (κ1) is 28.2. The van der Waals surface area contributed by atoms with Gasteiger partial charge in [-0.3, -0.25) is 0 Å². The zero-order valence-corrected chi connectivity index (χ0v) is 20.4. The van der Waals surface area contributed by atoms with E-state index in [0.29, 0.717) is 6.07 Å². The van der Waals surface area contributed by atoms with Gasteiger partial charge in [-0.05, 0) is 12.3 Å². The summed E-state index contributed by atoms with van der Waals surface area (Å²) < 4.78 is 5.41. The first-order valence-corrected chi connectivity index (χ1v) is 13.5. The van der Waals surface area contributed by atoms with E-state index >= 15 is 0 Å². The zero-order chi connectivity index (χ0) is 20.5. The molecule has 0 saturated heterocycles. The summed E-state index contributed by atoms with van der Waals surface area (Å²) in [6.45, 7) is 5.44. The van der Waals surface area contributed by atoms with Crippen LogP contribution in [0.2, 0.25) is 0 Å². The molecule has 0 bridgehead atoms. The minimum Gasteiger partial charge on any atom is -0.366 e. The van der Waals surface area contributed by atoms with E-state index in [1.54, 1.807) is 0 Å². The van der Waals surface area contributed by atoms with Crippen molar-refractivity contribution in [3.05, 3.63) is 0 Å². The molecule has 28 heavy (non-hydrogen) atoms. The summed E-state index contributed by atoms with van der Waals surface area (Å²) >= 11 is 5.67. The van der Waals surface area contributed by atoms with Gasteiger partial charge in [-0.25, -0.2) is 0 Å². The van der Waals surface area contributed by atoms with E-state index in [0.717, 1.165) is 12.5 Å². The van der Waals surface area contributed by atoms with Gasteiger partial charge in [0.2, 0.25) is 0 Å². The smallest absolute Gasteiger partial charge is 0.120 e. The average molecular weight is 417 g/mol. The molecule has 0 aliphatic heterocycles. The van der Waals surface area contributed by atoms with Crippen molar-refractivity contribution in [3.63, 3.8) is 0 Å². The van der Waals surface area contributed by atoms with Crippen LogP contribution >= 0.6 is 11.6 Å². The van der Waals surface area contributed by atoms with Crippen molar-refractivity contribution in [2.75, 3.05) is 12.7 Å².